The molecular weight excluding hydrogens is 222 g/mol. The fraction of sp³-hybridized carbons (Fsp3) is 0.375. The Labute approximate surface area is 88.6 Å². The largest absolute Gasteiger partial charge is 0.464 e. The minimum absolute atomic E-state index is 0.144. The van der Waals surface area contributed by atoms with Crippen molar-refractivity contribution in [2.24, 2.45) is 0 Å². The van der Waals surface area contributed by atoms with Crippen molar-refractivity contribution in [3.05, 3.63) is 6.20 Å². The van der Waals surface area contributed by atoms with Gasteiger partial charge in [0.2, 0.25) is 0 Å². The van der Waals surface area contributed by atoms with Crippen LogP contribution >= 0.6 is 0 Å². The molecule has 0 radical (unpaired) electrons. The van der Waals surface area contributed by atoms with E-state index in [9.17, 15) is 8.78 Å². The second-order valence-electron chi connectivity index (χ2n) is 2.74. The fourth-order valence-corrected chi connectivity index (χ4v) is 1.11. The summed E-state index contributed by atoms with van der Waals surface area (Å²) in [6, 6.07) is -0.155. The Bertz CT molecular complexity index is 488. The maximum atomic E-state index is 11.9. The predicted octanol–water partition coefficient (Wildman–Crippen LogP) is 1.35. The van der Waals surface area contributed by atoms with Crippen molar-refractivity contribution in [3.63, 3.8) is 0 Å². The molecule has 2 heterocycles. The van der Waals surface area contributed by atoms with Crippen LogP contribution in [0.5, 0.6) is 12.0 Å². The molecule has 1 N–H and O–H groups in total. The number of hydrogen-bond donors (Lipinski definition) is 1. The van der Waals surface area contributed by atoms with E-state index >= 15 is 0 Å². The monoisotopic (exact) mass is 230 g/mol. The Kier molecular flexibility index (Phi) is 2.80. The van der Waals surface area contributed by atoms with Gasteiger partial charge in [0.1, 0.15) is 5.52 Å². The average molecular weight is 230 g/mol. The highest BCUT2D eigenvalue weighted by molar-refractivity contribution is 5.70. The minimum Gasteiger partial charge on any atom is -0.464 e. The quantitative estimate of drug-likeness (QED) is 0.858. The summed E-state index contributed by atoms with van der Waals surface area (Å²) in [5.41, 5.74) is 0.619. The summed E-state index contributed by atoms with van der Waals surface area (Å²) in [6.07, 6.45) is 1.39. The molecule has 0 saturated heterocycles. The van der Waals surface area contributed by atoms with Gasteiger partial charge < -0.3 is 14.5 Å². The van der Waals surface area contributed by atoms with Gasteiger partial charge in [0.05, 0.1) is 12.8 Å². The first-order valence-electron chi connectivity index (χ1n) is 4.49. The van der Waals surface area contributed by atoms with E-state index in [1.54, 1.807) is 6.92 Å². The van der Waals surface area contributed by atoms with Gasteiger partial charge in [0, 0.05) is 0 Å². The summed E-state index contributed by atoms with van der Waals surface area (Å²) < 4.78 is 32.9. The Hall–Kier alpha value is -1.99. The Morgan fingerprint density at radius 3 is 2.94 bits per heavy atom. The molecule has 86 valence electrons. The van der Waals surface area contributed by atoms with E-state index in [1.807, 2.05) is 0 Å². The van der Waals surface area contributed by atoms with Crippen LogP contribution in [-0.4, -0.2) is 33.2 Å². The molecule has 0 aliphatic heterocycles. The van der Waals surface area contributed by atoms with Crippen molar-refractivity contribution in [1.82, 2.24) is 19.9 Å². The Morgan fingerprint density at radius 1 is 1.44 bits per heavy atom. The number of H-pyrrole nitrogens is 1. The van der Waals surface area contributed by atoms with Crippen LogP contribution in [0.3, 0.4) is 0 Å². The highest BCUT2D eigenvalue weighted by atomic mass is 19.3. The number of rotatable bonds is 4. The lowest BCUT2D eigenvalue weighted by Crippen LogP contribution is -2.02. The molecule has 0 bridgehead atoms. The predicted molar refractivity (Wildman–Crippen MR) is 49.5 cm³/mol. The Morgan fingerprint density at radius 2 is 2.25 bits per heavy atom. The number of ether oxygens (including phenoxy) is 2. The van der Waals surface area contributed by atoms with E-state index in [1.165, 1.54) is 6.20 Å². The van der Waals surface area contributed by atoms with Crippen molar-refractivity contribution in [2.75, 3.05) is 6.61 Å². The summed E-state index contributed by atoms with van der Waals surface area (Å²) in [6.45, 7) is -0.736. The van der Waals surface area contributed by atoms with Crippen LogP contribution < -0.4 is 9.47 Å². The molecule has 0 unspecified atom stereocenters. The van der Waals surface area contributed by atoms with Gasteiger partial charge in [-0.05, 0) is 6.92 Å². The van der Waals surface area contributed by atoms with Gasteiger partial charge in [-0.15, -0.1) is 0 Å². The van der Waals surface area contributed by atoms with Gasteiger partial charge in [-0.25, -0.2) is 4.98 Å². The lowest BCUT2D eigenvalue weighted by molar-refractivity contribution is -0.0553. The zero-order valence-corrected chi connectivity index (χ0v) is 8.28. The van der Waals surface area contributed by atoms with Gasteiger partial charge in [-0.1, -0.05) is 0 Å². The second kappa shape index (κ2) is 4.25. The molecule has 2 aromatic rings. The SMILES string of the molecule is CCOc1ncc2[nH]c(OC(F)F)nc2n1. The summed E-state index contributed by atoms with van der Waals surface area (Å²) in [5.74, 6) is 0. The van der Waals surface area contributed by atoms with Gasteiger partial charge >= 0.3 is 18.6 Å². The van der Waals surface area contributed by atoms with Crippen molar-refractivity contribution in [3.8, 4) is 12.0 Å². The van der Waals surface area contributed by atoms with E-state index in [4.69, 9.17) is 4.74 Å². The standard InChI is InChI=1S/C8H8F2N4O2/c1-2-15-7-11-3-4-5(13-7)14-8(12-4)16-6(9)10/h3,6H,2H2,1H3,(H,11,12,13,14). The molecule has 0 aliphatic carbocycles. The molecule has 0 aromatic carbocycles. The molecule has 0 fully saturated rings. The van der Waals surface area contributed by atoms with Crippen LogP contribution in [-0.2, 0) is 0 Å². The Balaban J connectivity index is 2.30. The first-order valence-corrected chi connectivity index (χ1v) is 4.49. The maximum Gasteiger partial charge on any atom is 0.389 e. The molecule has 0 saturated carbocycles. The number of nitrogens with one attached hydrogen (secondary N) is 1. The average Bonchev–Trinajstić information content (AvgIpc) is 2.58. The third-order valence-electron chi connectivity index (χ3n) is 1.67. The number of alkyl halides is 2. The number of halogens is 2. The molecule has 6 nitrogen and oxygen atoms in total. The lowest BCUT2D eigenvalue weighted by atomic mass is 10.6. The van der Waals surface area contributed by atoms with Crippen molar-refractivity contribution in [2.45, 2.75) is 13.5 Å². The molecule has 2 rings (SSSR count). The minimum atomic E-state index is -2.93. The summed E-state index contributed by atoms with van der Waals surface area (Å²) in [4.78, 5) is 13.9. The zero-order valence-electron chi connectivity index (χ0n) is 8.28. The first kappa shape index (κ1) is 10.5. The summed E-state index contributed by atoms with van der Waals surface area (Å²) in [7, 11) is 0. The van der Waals surface area contributed by atoms with E-state index in [0.717, 1.165) is 0 Å². The first-order chi connectivity index (χ1) is 7.69. The molecule has 0 spiro atoms. The van der Waals surface area contributed by atoms with E-state index < -0.39 is 6.61 Å². The highest BCUT2D eigenvalue weighted by Crippen LogP contribution is 2.16. The van der Waals surface area contributed by atoms with Crippen LogP contribution in [0.4, 0.5) is 8.78 Å². The highest BCUT2D eigenvalue weighted by Gasteiger charge is 2.11. The van der Waals surface area contributed by atoms with E-state index in [2.05, 4.69) is 24.7 Å². The maximum absolute atomic E-state index is 11.9. The van der Waals surface area contributed by atoms with Crippen LogP contribution in [0.1, 0.15) is 6.92 Å². The van der Waals surface area contributed by atoms with Crippen molar-refractivity contribution >= 4 is 11.2 Å². The lowest BCUT2D eigenvalue weighted by Gasteiger charge is -1.97. The molecule has 0 amide bonds. The molecule has 16 heavy (non-hydrogen) atoms. The molecule has 8 heteroatoms. The van der Waals surface area contributed by atoms with Crippen LogP contribution in [0.25, 0.3) is 11.2 Å². The summed E-state index contributed by atoms with van der Waals surface area (Å²) >= 11 is 0. The van der Waals surface area contributed by atoms with E-state index in [0.29, 0.717) is 12.1 Å². The molecule has 0 atom stereocenters. The molecule has 2 aromatic heterocycles. The third kappa shape index (κ3) is 2.15. The number of aromatic amines is 1. The second-order valence-corrected chi connectivity index (χ2v) is 2.74. The topological polar surface area (TPSA) is 72.9 Å². The van der Waals surface area contributed by atoms with Crippen molar-refractivity contribution in [1.29, 1.82) is 0 Å². The van der Waals surface area contributed by atoms with Crippen LogP contribution in [0.15, 0.2) is 6.20 Å². The third-order valence-corrected chi connectivity index (χ3v) is 1.67. The number of aromatic nitrogens is 4. The zero-order chi connectivity index (χ0) is 11.5. The van der Waals surface area contributed by atoms with Gasteiger partial charge in [0.25, 0.3) is 0 Å². The van der Waals surface area contributed by atoms with Crippen molar-refractivity contribution < 1.29 is 18.3 Å². The van der Waals surface area contributed by atoms with Gasteiger partial charge in [-0.2, -0.15) is 18.7 Å². The number of fused-ring (bicyclic) bond motifs is 1. The number of imidazole rings is 1. The smallest absolute Gasteiger partial charge is 0.389 e. The van der Waals surface area contributed by atoms with Crippen LogP contribution in [0.2, 0.25) is 0 Å². The summed E-state index contributed by atoms with van der Waals surface area (Å²) in [5, 5.41) is 0. The van der Waals surface area contributed by atoms with E-state index in [-0.39, 0.29) is 17.7 Å². The molecule has 0 aliphatic rings. The fourth-order valence-electron chi connectivity index (χ4n) is 1.11. The van der Waals surface area contributed by atoms with Gasteiger partial charge in [0.15, 0.2) is 5.65 Å². The number of hydrogen-bond acceptors (Lipinski definition) is 5. The number of nitrogens with zero attached hydrogens (tertiary/aromatic N) is 3. The normalized spacial score (nSPS) is 11.0. The molecular formula is C8H8F2N4O2. The van der Waals surface area contributed by atoms with Crippen LogP contribution in [0, 0.1) is 0 Å². The van der Waals surface area contributed by atoms with Gasteiger partial charge in [-0.3, -0.25) is 0 Å².